The van der Waals surface area contributed by atoms with Crippen molar-refractivity contribution in [2.75, 3.05) is 5.32 Å². The molecule has 104 valence electrons. The molecule has 3 aromatic rings. The highest BCUT2D eigenvalue weighted by Crippen LogP contribution is 2.26. The van der Waals surface area contributed by atoms with Crippen LogP contribution in [0.3, 0.4) is 0 Å². The summed E-state index contributed by atoms with van der Waals surface area (Å²) in [6.45, 7) is 0. The number of non-ortho nitro benzene ring substituents is 1. The Hall–Kier alpha value is -2.54. The number of hydrogen-bond donors (Lipinski definition) is 1. The molecule has 0 aliphatic carbocycles. The van der Waals surface area contributed by atoms with Crippen molar-refractivity contribution >= 4 is 44.0 Å². The smallest absolute Gasteiger partial charge is 0.271 e. The van der Waals surface area contributed by atoms with Gasteiger partial charge < -0.3 is 5.32 Å². The normalized spacial score (nSPS) is 10.5. The fourth-order valence-electron chi connectivity index (χ4n) is 1.96. The molecule has 0 amide bonds. The van der Waals surface area contributed by atoms with Crippen molar-refractivity contribution in [1.82, 2.24) is 9.97 Å². The van der Waals surface area contributed by atoms with E-state index in [2.05, 4.69) is 31.2 Å². The second kappa shape index (κ2) is 5.45. The van der Waals surface area contributed by atoms with E-state index in [1.807, 2.05) is 24.3 Å². The zero-order valence-electron chi connectivity index (χ0n) is 10.7. The lowest BCUT2D eigenvalue weighted by atomic mass is 10.2. The van der Waals surface area contributed by atoms with E-state index in [1.54, 1.807) is 6.07 Å². The van der Waals surface area contributed by atoms with Gasteiger partial charge in [0.15, 0.2) is 0 Å². The second-order valence-electron chi connectivity index (χ2n) is 4.32. The summed E-state index contributed by atoms with van der Waals surface area (Å²) in [7, 11) is 0. The minimum atomic E-state index is -0.442. The van der Waals surface area contributed by atoms with Crippen LogP contribution < -0.4 is 5.32 Å². The molecule has 0 unspecified atom stereocenters. The molecule has 0 saturated carbocycles. The van der Waals surface area contributed by atoms with E-state index in [4.69, 9.17) is 0 Å². The molecule has 7 heteroatoms. The Morgan fingerprint density at radius 2 is 2.00 bits per heavy atom. The van der Waals surface area contributed by atoms with E-state index in [9.17, 15) is 10.1 Å². The van der Waals surface area contributed by atoms with Gasteiger partial charge in [0.1, 0.15) is 12.1 Å². The zero-order chi connectivity index (χ0) is 14.8. The summed E-state index contributed by atoms with van der Waals surface area (Å²) in [6.07, 6.45) is 1.38. The average molecular weight is 345 g/mol. The van der Waals surface area contributed by atoms with E-state index < -0.39 is 4.92 Å². The van der Waals surface area contributed by atoms with E-state index in [1.165, 1.54) is 18.5 Å². The van der Waals surface area contributed by atoms with Crippen molar-refractivity contribution in [1.29, 1.82) is 0 Å². The fourth-order valence-corrected chi connectivity index (χ4v) is 2.36. The molecular weight excluding hydrogens is 336 g/mol. The largest absolute Gasteiger partial charge is 0.340 e. The van der Waals surface area contributed by atoms with Crippen LogP contribution >= 0.6 is 15.9 Å². The first-order chi connectivity index (χ1) is 10.1. The average Bonchev–Trinajstić information content (AvgIpc) is 2.47. The molecule has 0 bridgehead atoms. The molecule has 6 nitrogen and oxygen atoms in total. The van der Waals surface area contributed by atoms with Gasteiger partial charge >= 0.3 is 0 Å². The van der Waals surface area contributed by atoms with E-state index in [0.29, 0.717) is 11.3 Å². The summed E-state index contributed by atoms with van der Waals surface area (Å²) in [5.41, 5.74) is 1.40. The number of hydrogen-bond acceptors (Lipinski definition) is 5. The molecule has 21 heavy (non-hydrogen) atoms. The van der Waals surface area contributed by atoms with Crippen LogP contribution in [0.1, 0.15) is 0 Å². The Morgan fingerprint density at radius 1 is 1.14 bits per heavy atom. The molecule has 2 aromatic carbocycles. The summed E-state index contributed by atoms with van der Waals surface area (Å²) in [4.78, 5) is 18.6. The number of benzene rings is 2. The lowest BCUT2D eigenvalue weighted by molar-refractivity contribution is -0.384. The maximum Gasteiger partial charge on any atom is 0.271 e. The molecule has 1 N–H and O–H groups in total. The summed E-state index contributed by atoms with van der Waals surface area (Å²) in [5.74, 6) is 0.605. The molecule has 0 radical (unpaired) electrons. The maximum absolute atomic E-state index is 10.8. The molecule has 1 aromatic heterocycles. The topological polar surface area (TPSA) is 81.0 Å². The van der Waals surface area contributed by atoms with Crippen LogP contribution in [0.15, 0.2) is 53.3 Å². The monoisotopic (exact) mass is 344 g/mol. The maximum atomic E-state index is 10.8. The third-order valence-corrected chi connectivity index (χ3v) is 3.41. The summed E-state index contributed by atoms with van der Waals surface area (Å²) >= 11 is 3.40. The summed E-state index contributed by atoms with van der Waals surface area (Å²) < 4.78 is 0.946. The van der Waals surface area contributed by atoms with Gasteiger partial charge in [-0.1, -0.05) is 22.0 Å². The van der Waals surface area contributed by atoms with Crippen LogP contribution in [0, 0.1) is 10.1 Å². The highest BCUT2D eigenvalue weighted by Gasteiger charge is 2.10. The lowest BCUT2D eigenvalue weighted by Crippen LogP contribution is -1.96. The van der Waals surface area contributed by atoms with Crippen molar-refractivity contribution < 1.29 is 4.92 Å². The highest BCUT2D eigenvalue weighted by molar-refractivity contribution is 9.10. The predicted octanol–water partition coefficient (Wildman–Crippen LogP) is 4.04. The van der Waals surface area contributed by atoms with E-state index >= 15 is 0 Å². The van der Waals surface area contributed by atoms with Crippen molar-refractivity contribution in [2.45, 2.75) is 0 Å². The van der Waals surface area contributed by atoms with Crippen molar-refractivity contribution in [3.63, 3.8) is 0 Å². The third kappa shape index (κ3) is 2.82. The fraction of sp³-hybridized carbons (Fsp3) is 0. The molecule has 1 heterocycles. The van der Waals surface area contributed by atoms with E-state index in [0.717, 1.165) is 15.5 Å². The molecule has 0 spiro atoms. The number of nitro groups is 1. The minimum absolute atomic E-state index is 0.00889. The van der Waals surface area contributed by atoms with Crippen molar-refractivity contribution in [3.05, 3.63) is 63.4 Å². The van der Waals surface area contributed by atoms with Crippen LogP contribution in [-0.4, -0.2) is 14.9 Å². The SMILES string of the molecule is O=[N+]([O-])c1ccc2c(Nc3cccc(Br)c3)ncnc2c1. The van der Waals surface area contributed by atoms with Gasteiger partial charge in [-0.05, 0) is 24.3 Å². The standard InChI is InChI=1S/C14H9BrN4O2/c15-9-2-1-3-10(6-9)18-14-12-5-4-11(19(20)21)7-13(12)16-8-17-14/h1-8H,(H,16,17,18). The van der Waals surface area contributed by atoms with Crippen LogP contribution in [-0.2, 0) is 0 Å². The quantitative estimate of drug-likeness (QED) is 0.572. The van der Waals surface area contributed by atoms with Gasteiger partial charge in [-0.15, -0.1) is 0 Å². The van der Waals surface area contributed by atoms with Gasteiger partial charge in [0.25, 0.3) is 5.69 Å². The Labute approximate surface area is 128 Å². The number of nitrogens with one attached hydrogen (secondary N) is 1. The first-order valence-electron chi connectivity index (χ1n) is 6.05. The molecule has 3 rings (SSSR count). The first kappa shape index (κ1) is 13.4. The molecular formula is C14H9BrN4O2. The Kier molecular flexibility index (Phi) is 3.49. The molecule has 0 aliphatic heterocycles. The minimum Gasteiger partial charge on any atom is -0.340 e. The number of anilines is 2. The van der Waals surface area contributed by atoms with Gasteiger partial charge in [0.05, 0.1) is 10.4 Å². The number of halogens is 1. The lowest BCUT2D eigenvalue weighted by Gasteiger charge is -2.08. The van der Waals surface area contributed by atoms with Gasteiger partial charge in [-0.2, -0.15) is 0 Å². The number of nitro benzene ring substituents is 1. The van der Waals surface area contributed by atoms with Crippen molar-refractivity contribution in [2.24, 2.45) is 0 Å². The number of nitrogens with zero attached hydrogens (tertiary/aromatic N) is 3. The Balaban J connectivity index is 2.05. The zero-order valence-corrected chi connectivity index (χ0v) is 12.2. The summed E-state index contributed by atoms with van der Waals surface area (Å²) in [5, 5.41) is 14.7. The number of rotatable bonds is 3. The number of fused-ring (bicyclic) bond motifs is 1. The third-order valence-electron chi connectivity index (χ3n) is 2.92. The Morgan fingerprint density at radius 3 is 2.76 bits per heavy atom. The van der Waals surface area contributed by atoms with Crippen molar-refractivity contribution in [3.8, 4) is 0 Å². The second-order valence-corrected chi connectivity index (χ2v) is 5.23. The Bertz CT molecular complexity index is 838. The number of aromatic nitrogens is 2. The van der Waals surface area contributed by atoms with Crippen LogP contribution in [0.4, 0.5) is 17.2 Å². The van der Waals surface area contributed by atoms with Gasteiger partial charge in [-0.3, -0.25) is 10.1 Å². The highest BCUT2D eigenvalue weighted by atomic mass is 79.9. The summed E-state index contributed by atoms with van der Waals surface area (Å²) in [6, 6.07) is 12.2. The van der Waals surface area contributed by atoms with Crippen LogP contribution in [0.2, 0.25) is 0 Å². The van der Waals surface area contributed by atoms with Crippen LogP contribution in [0.5, 0.6) is 0 Å². The molecule has 0 atom stereocenters. The van der Waals surface area contributed by atoms with Gasteiger partial charge in [0.2, 0.25) is 0 Å². The molecule has 0 aliphatic rings. The van der Waals surface area contributed by atoms with Gasteiger partial charge in [0, 0.05) is 27.7 Å². The molecule has 0 fully saturated rings. The van der Waals surface area contributed by atoms with Gasteiger partial charge in [-0.25, -0.2) is 9.97 Å². The van der Waals surface area contributed by atoms with Crippen LogP contribution in [0.25, 0.3) is 10.9 Å². The first-order valence-corrected chi connectivity index (χ1v) is 6.84. The predicted molar refractivity (Wildman–Crippen MR) is 83.6 cm³/mol. The van der Waals surface area contributed by atoms with E-state index in [-0.39, 0.29) is 5.69 Å². The molecule has 0 saturated heterocycles.